The van der Waals surface area contributed by atoms with Gasteiger partial charge in [0.25, 0.3) is 0 Å². The van der Waals surface area contributed by atoms with Gasteiger partial charge in [-0.15, -0.1) is 0 Å². The van der Waals surface area contributed by atoms with Crippen LogP contribution in [-0.2, 0) is 47.9 Å². The van der Waals surface area contributed by atoms with E-state index in [0.29, 0.717) is 0 Å². The van der Waals surface area contributed by atoms with Crippen molar-refractivity contribution in [3.05, 3.63) is 0 Å². The summed E-state index contributed by atoms with van der Waals surface area (Å²) >= 11 is 0. The van der Waals surface area contributed by atoms with Crippen LogP contribution < -0.4 is 18.9 Å². The second kappa shape index (κ2) is 91.4. The van der Waals surface area contributed by atoms with Gasteiger partial charge >= 0.3 is 45.1 Å². The van der Waals surface area contributed by atoms with Gasteiger partial charge in [0.1, 0.15) is 0 Å². The molecule has 0 amide bonds. The average Bonchev–Trinajstić information content (AvgIpc) is 0. The van der Waals surface area contributed by atoms with E-state index in [-0.39, 0.29) is 116 Å². The Bertz CT molecular complexity index is 16.0. The van der Waals surface area contributed by atoms with Crippen molar-refractivity contribution in [1.82, 2.24) is 0 Å². The van der Waals surface area contributed by atoms with Crippen molar-refractivity contribution < 1.29 is 88.7 Å². The van der Waals surface area contributed by atoms with Crippen LogP contribution in [0.2, 0.25) is 0 Å². The van der Waals surface area contributed by atoms with E-state index in [1.165, 1.54) is 0 Å². The molecule has 4 radical (unpaired) electrons. The Hall–Kier alpha value is 2.96. The zero-order valence-electron chi connectivity index (χ0n) is 4.29. The largest absolute Gasteiger partial charge is 2.00 e. The Kier molecular flexibility index (Phi) is 1420. The SMILES string of the molecule is [Li+].[OH-].[OH-].[OH-].[OH-].[Pb].[Ti].[Zr+2]. The molecule has 0 aromatic rings. The summed E-state index contributed by atoms with van der Waals surface area (Å²) in [5.41, 5.74) is 0. The van der Waals surface area contributed by atoms with Gasteiger partial charge in [-0.05, 0) is 0 Å². The van der Waals surface area contributed by atoms with Gasteiger partial charge in [-0.3, -0.25) is 0 Å². The molecule has 0 unspecified atom stereocenters. The van der Waals surface area contributed by atoms with Crippen molar-refractivity contribution in [2.75, 3.05) is 0 Å². The minimum atomic E-state index is 0. The Labute approximate surface area is 114 Å². The van der Waals surface area contributed by atoms with E-state index >= 15 is 0 Å². The maximum atomic E-state index is 0. The van der Waals surface area contributed by atoms with E-state index < -0.39 is 0 Å². The molecule has 8 heteroatoms. The van der Waals surface area contributed by atoms with Gasteiger partial charge in [0, 0.05) is 49.0 Å². The minimum Gasteiger partial charge on any atom is -0.870 e. The fourth-order valence-electron chi connectivity index (χ4n) is 0. The Balaban J connectivity index is 0. The van der Waals surface area contributed by atoms with E-state index in [1.807, 2.05) is 0 Å². The summed E-state index contributed by atoms with van der Waals surface area (Å²) < 4.78 is 0. The summed E-state index contributed by atoms with van der Waals surface area (Å²) in [6.45, 7) is 0. The van der Waals surface area contributed by atoms with Crippen LogP contribution in [0.4, 0.5) is 0 Å². The second-order valence-corrected chi connectivity index (χ2v) is 0. The molecule has 0 heterocycles. The van der Waals surface area contributed by atoms with Crippen LogP contribution in [0.3, 0.4) is 0 Å². The molecule has 0 spiro atoms. The van der Waals surface area contributed by atoms with Gasteiger partial charge in [-0.25, -0.2) is 0 Å². The summed E-state index contributed by atoms with van der Waals surface area (Å²) in [7, 11) is 0. The molecule has 42 valence electrons. The molecule has 4 nitrogen and oxygen atoms in total. The molecule has 4 N–H and O–H groups in total. The third-order valence-corrected chi connectivity index (χ3v) is 0. The summed E-state index contributed by atoms with van der Waals surface area (Å²) in [5, 5.41) is 0. The first-order valence-electron chi connectivity index (χ1n) is 0. The van der Waals surface area contributed by atoms with Crippen molar-refractivity contribution in [3.8, 4) is 0 Å². The van der Waals surface area contributed by atoms with Crippen molar-refractivity contribution in [2.24, 2.45) is 0 Å². The Morgan fingerprint density at radius 1 is 0.625 bits per heavy atom. The van der Waals surface area contributed by atoms with E-state index in [1.54, 1.807) is 0 Å². The first-order chi connectivity index (χ1) is 0. The zero-order chi connectivity index (χ0) is 0. The summed E-state index contributed by atoms with van der Waals surface area (Å²) in [6, 6.07) is 0. The standard InChI is InChI=1S/Li.4H2O.Pb.Ti.Zr/h;4*1H2;;;/q+1;;;;;;;+2/p-4. The van der Waals surface area contributed by atoms with Gasteiger partial charge in [0.2, 0.25) is 0 Å². The Morgan fingerprint density at radius 3 is 0.625 bits per heavy atom. The van der Waals surface area contributed by atoms with Crippen molar-refractivity contribution >= 4 is 27.3 Å². The van der Waals surface area contributed by atoms with E-state index in [4.69, 9.17) is 0 Å². The van der Waals surface area contributed by atoms with Gasteiger partial charge in [-0.2, -0.15) is 0 Å². The summed E-state index contributed by atoms with van der Waals surface area (Å²) in [6.07, 6.45) is 0. The molecule has 0 aromatic heterocycles. The third-order valence-electron chi connectivity index (χ3n) is 0. The van der Waals surface area contributed by atoms with Gasteiger partial charge in [0.15, 0.2) is 0 Å². The molecule has 0 aliphatic heterocycles. The van der Waals surface area contributed by atoms with E-state index in [2.05, 4.69) is 0 Å². The smallest absolute Gasteiger partial charge is 0.870 e. The molecular weight excluding hydrogens is 417 g/mol. The fraction of sp³-hybridized carbons (Fsp3) is 0. The van der Waals surface area contributed by atoms with Crippen LogP contribution in [-0.4, -0.2) is 49.2 Å². The predicted molar refractivity (Wildman–Crippen MR) is 13.5 cm³/mol. The van der Waals surface area contributed by atoms with Crippen molar-refractivity contribution in [3.63, 3.8) is 0 Å². The molecule has 0 rings (SSSR count). The zero-order valence-corrected chi connectivity index (χ0v) is 12.2. The molecule has 0 aliphatic rings. The van der Waals surface area contributed by atoms with Gasteiger partial charge in [0.05, 0.1) is 0 Å². The molecule has 0 aromatic carbocycles. The summed E-state index contributed by atoms with van der Waals surface area (Å²) in [5.74, 6) is 0. The quantitative estimate of drug-likeness (QED) is 0.370. The molecule has 0 bridgehead atoms. The van der Waals surface area contributed by atoms with Crippen LogP contribution in [0, 0.1) is 0 Å². The van der Waals surface area contributed by atoms with Crippen LogP contribution in [0.25, 0.3) is 0 Å². The Morgan fingerprint density at radius 2 is 0.625 bits per heavy atom. The van der Waals surface area contributed by atoms with Crippen LogP contribution in [0.5, 0.6) is 0 Å². The second-order valence-electron chi connectivity index (χ2n) is 0. The topological polar surface area (TPSA) is 120 Å². The number of hydrogen-bond acceptors (Lipinski definition) is 4. The van der Waals surface area contributed by atoms with Crippen LogP contribution >= 0.6 is 0 Å². The molecule has 0 saturated carbocycles. The van der Waals surface area contributed by atoms with Crippen LogP contribution in [0.1, 0.15) is 0 Å². The van der Waals surface area contributed by atoms with E-state index in [0.717, 1.165) is 0 Å². The molecule has 0 fully saturated rings. The van der Waals surface area contributed by atoms with E-state index in [9.17, 15) is 0 Å². The molecule has 8 heavy (non-hydrogen) atoms. The number of rotatable bonds is 0. The minimum absolute atomic E-state index is 0. The van der Waals surface area contributed by atoms with Crippen molar-refractivity contribution in [1.29, 1.82) is 0 Å². The first kappa shape index (κ1) is 124. The maximum absolute atomic E-state index is 0. The van der Waals surface area contributed by atoms with Crippen LogP contribution in [0.15, 0.2) is 0 Å². The first-order valence-corrected chi connectivity index (χ1v) is 0. The fourth-order valence-corrected chi connectivity index (χ4v) is 0. The normalized spacial score (nSPS) is 0. The van der Waals surface area contributed by atoms with Gasteiger partial charge in [-0.1, -0.05) is 0 Å². The molecule has 0 atom stereocenters. The molecule has 0 aliphatic carbocycles. The molecular formula is H4LiO4PbTiZr-. The number of hydrogen-bond donors (Lipinski definition) is 0. The third kappa shape index (κ3) is 64.9. The van der Waals surface area contributed by atoms with Crippen molar-refractivity contribution in [2.45, 2.75) is 0 Å². The predicted octanol–water partition coefficient (Wildman–Crippen LogP) is -4.09. The molecule has 0 saturated heterocycles. The average molecular weight is 421 g/mol. The maximum Gasteiger partial charge on any atom is 2.00 e. The monoisotopic (exact) mass is 421 g/mol. The summed E-state index contributed by atoms with van der Waals surface area (Å²) in [4.78, 5) is 0. The van der Waals surface area contributed by atoms with Gasteiger partial charge < -0.3 is 21.9 Å².